The highest BCUT2D eigenvalue weighted by atomic mass is 32.2. The number of aryl methyl sites for hydroxylation is 1. The Balaban J connectivity index is 1.97. The molecule has 100 valence electrons. The first-order chi connectivity index (χ1) is 9.06. The van der Waals surface area contributed by atoms with Crippen LogP contribution in [-0.2, 0) is 10.5 Å². The number of hydrogen-bond donors (Lipinski definition) is 1. The van der Waals surface area contributed by atoms with Crippen LogP contribution in [0.5, 0.6) is 0 Å². The van der Waals surface area contributed by atoms with Gasteiger partial charge in [0.1, 0.15) is 6.26 Å². The van der Waals surface area contributed by atoms with Crippen LogP contribution in [0.4, 0.5) is 0 Å². The highest BCUT2D eigenvalue weighted by Gasteiger charge is 2.13. The maximum absolute atomic E-state index is 10.9. The summed E-state index contributed by atoms with van der Waals surface area (Å²) in [4.78, 5) is 15.1. The van der Waals surface area contributed by atoms with Crippen LogP contribution in [0.2, 0.25) is 0 Å². The summed E-state index contributed by atoms with van der Waals surface area (Å²) in [6.45, 7) is 3.57. The van der Waals surface area contributed by atoms with Gasteiger partial charge in [-0.25, -0.2) is 4.98 Å². The second kappa shape index (κ2) is 5.93. The molecule has 2 aromatic rings. The average molecular weight is 277 g/mol. The van der Waals surface area contributed by atoms with Gasteiger partial charge in [0.25, 0.3) is 5.22 Å². The minimum atomic E-state index is -0.808. The number of aromatic nitrogens is 1. The Bertz CT molecular complexity index is 562. The summed E-state index contributed by atoms with van der Waals surface area (Å²) in [6, 6.07) is 7.60. The molecule has 19 heavy (non-hydrogen) atoms. The molecule has 1 aromatic heterocycles. The van der Waals surface area contributed by atoms with E-state index < -0.39 is 11.9 Å². The van der Waals surface area contributed by atoms with Crippen molar-refractivity contribution in [1.29, 1.82) is 0 Å². The van der Waals surface area contributed by atoms with Gasteiger partial charge in [-0.05, 0) is 25.0 Å². The molecule has 0 saturated heterocycles. The zero-order chi connectivity index (χ0) is 13.8. The zero-order valence-corrected chi connectivity index (χ0v) is 11.6. The molecular weight excluding hydrogens is 262 g/mol. The maximum Gasteiger partial charge on any atom is 0.310 e. The van der Waals surface area contributed by atoms with Crippen LogP contribution in [0.15, 0.2) is 40.2 Å². The Morgan fingerprint density at radius 2 is 2.11 bits per heavy atom. The number of carboxylic acid groups (broad SMARTS) is 1. The molecule has 0 spiro atoms. The molecule has 1 unspecified atom stereocenters. The second-order valence-corrected chi connectivity index (χ2v) is 5.27. The van der Waals surface area contributed by atoms with Gasteiger partial charge in [-0.2, -0.15) is 0 Å². The van der Waals surface area contributed by atoms with Crippen LogP contribution < -0.4 is 0 Å². The molecule has 4 nitrogen and oxygen atoms in total. The number of carboxylic acids is 1. The summed E-state index contributed by atoms with van der Waals surface area (Å²) in [7, 11) is 0. The molecule has 0 aliphatic carbocycles. The lowest BCUT2D eigenvalue weighted by molar-refractivity contribution is -0.138. The van der Waals surface area contributed by atoms with Crippen molar-refractivity contribution in [2.24, 2.45) is 0 Å². The molecule has 1 aromatic carbocycles. The van der Waals surface area contributed by atoms with Crippen LogP contribution in [0, 0.1) is 6.92 Å². The zero-order valence-electron chi connectivity index (χ0n) is 10.8. The minimum Gasteiger partial charge on any atom is -0.481 e. The van der Waals surface area contributed by atoms with Crippen molar-refractivity contribution in [2.45, 2.75) is 30.7 Å². The Labute approximate surface area is 115 Å². The van der Waals surface area contributed by atoms with Crippen molar-refractivity contribution in [3.8, 4) is 0 Å². The van der Waals surface area contributed by atoms with Crippen LogP contribution in [0.25, 0.3) is 0 Å². The molecule has 0 amide bonds. The van der Waals surface area contributed by atoms with Crippen molar-refractivity contribution in [3.63, 3.8) is 0 Å². The molecule has 0 bridgehead atoms. The third-order valence-electron chi connectivity index (χ3n) is 2.81. The van der Waals surface area contributed by atoms with E-state index in [9.17, 15) is 4.79 Å². The smallest absolute Gasteiger partial charge is 0.310 e. The maximum atomic E-state index is 10.9. The number of nitrogens with zero attached hydrogens (tertiary/aromatic N) is 1. The lowest BCUT2D eigenvalue weighted by Gasteiger charge is -2.07. The number of aliphatic carboxylic acids is 1. The van der Waals surface area contributed by atoms with Crippen LogP contribution in [-0.4, -0.2) is 16.1 Å². The van der Waals surface area contributed by atoms with Gasteiger partial charge in [0.2, 0.25) is 0 Å². The van der Waals surface area contributed by atoms with Crippen molar-refractivity contribution in [1.82, 2.24) is 4.98 Å². The normalized spacial score (nSPS) is 12.3. The van der Waals surface area contributed by atoms with Gasteiger partial charge in [0.05, 0.1) is 11.6 Å². The van der Waals surface area contributed by atoms with Gasteiger partial charge < -0.3 is 9.52 Å². The largest absolute Gasteiger partial charge is 0.481 e. The van der Waals surface area contributed by atoms with Gasteiger partial charge in [-0.3, -0.25) is 4.79 Å². The van der Waals surface area contributed by atoms with Gasteiger partial charge in [-0.15, -0.1) is 0 Å². The molecule has 0 radical (unpaired) electrons. The van der Waals surface area contributed by atoms with E-state index >= 15 is 0 Å². The number of thioether (sulfide) groups is 1. The van der Waals surface area contributed by atoms with E-state index in [0.717, 1.165) is 22.6 Å². The van der Waals surface area contributed by atoms with Gasteiger partial charge >= 0.3 is 5.97 Å². The highest BCUT2D eigenvalue weighted by Crippen LogP contribution is 2.23. The lowest BCUT2D eigenvalue weighted by Crippen LogP contribution is -2.07. The van der Waals surface area contributed by atoms with E-state index in [2.05, 4.69) is 4.98 Å². The monoisotopic (exact) mass is 277 g/mol. The Morgan fingerprint density at radius 3 is 2.63 bits per heavy atom. The predicted molar refractivity (Wildman–Crippen MR) is 73.3 cm³/mol. The number of hydrogen-bond acceptors (Lipinski definition) is 4. The molecule has 2 rings (SSSR count). The first-order valence-electron chi connectivity index (χ1n) is 5.93. The van der Waals surface area contributed by atoms with Crippen molar-refractivity contribution < 1.29 is 14.3 Å². The number of carbonyl (C=O) groups is 1. The minimum absolute atomic E-state index is 0.476. The van der Waals surface area contributed by atoms with E-state index in [4.69, 9.17) is 9.52 Å². The third-order valence-corrected chi connectivity index (χ3v) is 3.72. The van der Waals surface area contributed by atoms with Gasteiger partial charge in [-0.1, -0.05) is 36.0 Å². The van der Waals surface area contributed by atoms with E-state index in [0.29, 0.717) is 5.22 Å². The van der Waals surface area contributed by atoms with Crippen LogP contribution in [0.3, 0.4) is 0 Å². The summed E-state index contributed by atoms with van der Waals surface area (Å²) in [5.74, 6) is -0.532. The predicted octanol–water partition coefficient (Wildman–Crippen LogP) is 3.46. The standard InChI is InChI=1S/C14H15NO3S/c1-9-7-18-14(15-9)19-8-11-3-5-12(6-4-11)10(2)13(16)17/h3-7,10H,8H2,1-2H3,(H,16,17). The molecule has 0 aliphatic heterocycles. The first kappa shape index (κ1) is 13.7. The molecular formula is C14H15NO3S. The van der Waals surface area contributed by atoms with Crippen molar-refractivity contribution in [3.05, 3.63) is 47.3 Å². The summed E-state index contributed by atoms with van der Waals surface area (Å²) in [5, 5.41) is 9.59. The fourth-order valence-corrected chi connectivity index (χ4v) is 2.40. The topological polar surface area (TPSA) is 63.3 Å². The Hall–Kier alpha value is -1.75. The van der Waals surface area contributed by atoms with Crippen molar-refractivity contribution in [2.75, 3.05) is 0 Å². The van der Waals surface area contributed by atoms with Crippen LogP contribution >= 0.6 is 11.8 Å². The van der Waals surface area contributed by atoms with E-state index in [1.807, 2.05) is 31.2 Å². The average Bonchev–Trinajstić information content (AvgIpc) is 2.82. The SMILES string of the molecule is Cc1coc(SCc2ccc(C(C)C(=O)O)cc2)n1. The van der Waals surface area contributed by atoms with Crippen LogP contribution in [0.1, 0.15) is 29.7 Å². The Kier molecular flexibility index (Phi) is 4.27. The molecule has 0 fully saturated rings. The summed E-state index contributed by atoms with van der Waals surface area (Å²) in [6.07, 6.45) is 1.62. The van der Waals surface area contributed by atoms with E-state index in [1.54, 1.807) is 13.2 Å². The number of rotatable bonds is 5. The summed E-state index contributed by atoms with van der Waals surface area (Å²) < 4.78 is 5.25. The van der Waals surface area contributed by atoms with Gasteiger partial charge in [0, 0.05) is 5.75 Å². The quantitative estimate of drug-likeness (QED) is 0.848. The fraction of sp³-hybridized carbons (Fsp3) is 0.286. The summed E-state index contributed by atoms with van der Waals surface area (Å²) >= 11 is 1.52. The highest BCUT2D eigenvalue weighted by molar-refractivity contribution is 7.98. The third kappa shape index (κ3) is 3.61. The van der Waals surface area contributed by atoms with E-state index in [-0.39, 0.29) is 0 Å². The molecule has 5 heteroatoms. The molecule has 0 aliphatic rings. The number of oxazole rings is 1. The second-order valence-electron chi connectivity index (χ2n) is 4.34. The lowest BCUT2D eigenvalue weighted by atomic mass is 10.0. The summed E-state index contributed by atoms with van der Waals surface area (Å²) in [5.41, 5.74) is 2.79. The molecule has 1 heterocycles. The fourth-order valence-electron chi connectivity index (χ4n) is 1.59. The molecule has 0 saturated carbocycles. The van der Waals surface area contributed by atoms with Crippen molar-refractivity contribution >= 4 is 17.7 Å². The Morgan fingerprint density at radius 1 is 1.42 bits per heavy atom. The first-order valence-corrected chi connectivity index (χ1v) is 6.91. The van der Waals surface area contributed by atoms with E-state index in [1.165, 1.54) is 11.8 Å². The molecule has 1 N–H and O–H groups in total. The number of benzene rings is 1. The molecule has 1 atom stereocenters. The van der Waals surface area contributed by atoms with Gasteiger partial charge in [0.15, 0.2) is 0 Å².